The van der Waals surface area contributed by atoms with E-state index in [4.69, 9.17) is 9.47 Å². The van der Waals surface area contributed by atoms with E-state index in [2.05, 4.69) is 18.7 Å². The zero-order valence-electron chi connectivity index (χ0n) is 14.8. The van der Waals surface area contributed by atoms with Gasteiger partial charge >= 0.3 is 5.97 Å². The van der Waals surface area contributed by atoms with Gasteiger partial charge in [0.1, 0.15) is 11.5 Å². The molecule has 1 aliphatic heterocycles. The fraction of sp³-hybridized carbons (Fsp3) is 0.632. The molecule has 24 heavy (non-hydrogen) atoms. The van der Waals surface area contributed by atoms with Gasteiger partial charge < -0.3 is 14.6 Å². The second-order valence-corrected chi connectivity index (χ2v) is 6.38. The standard InChI is InChI=1S/C19H29NO4/c1-3-10-23-17-8-7-15(18(12-17)24-11-4-2)13-20-9-5-6-16(14-20)19(21)22/h7-8,12,16H,3-6,9-11,13-14H2,1-2H3,(H,21,22). The van der Waals surface area contributed by atoms with Crippen LogP contribution in [0.5, 0.6) is 11.5 Å². The zero-order chi connectivity index (χ0) is 17.4. The molecule has 0 saturated carbocycles. The van der Waals surface area contributed by atoms with E-state index in [1.165, 1.54) is 0 Å². The van der Waals surface area contributed by atoms with Crippen LogP contribution in [-0.4, -0.2) is 42.3 Å². The number of ether oxygens (including phenoxy) is 2. The molecule has 134 valence electrons. The molecule has 5 heteroatoms. The van der Waals surface area contributed by atoms with Gasteiger partial charge in [-0.05, 0) is 38.3 Å². The summed E-state index contributed by atoms with van der Waals surface area (Å²) in [4.78, 5) is 13.4. The highest BCUT2D eigenvalue weighted by atomic mass is 16.5. The molecule has 0 aliphatic carbocycles. The van der Waals surface area contributed by atoms with Crippen molar-refractivity contribution >= 4 is 5.97 Å². The smallest absolute Gasteiger partial charge is 0.307 e. The summed E-state index contributed by atoms with van der Waals surface area (Å²) in [6.45, 7) is 7.79. The summed E-state index contributed by atoms with van der Waals surface area (Å²) < 4.78 is 11.6. The van der Waals surface area contributed by atoms with Crippen molar-refractivity contribution in [2.75, 3.05) is 26.3 Å². The van der Waals surface area contributed by atoms with E-state index in [-0.39, 0.29) is 5.92 Å². The van der Waals surface area contributed by atoms with Crippen LogP contribution < -0.4 is 9.47 Å². The van der Waals surface area contributed by atoms with Gasteiger partial charge in [-0.2, -0.15) is 0 Å². The Labute approximate surface area is 144 Å². The molecule has 1 aromatic carbocycles. The summed E-state index contributed by atoms with van der Waals surface area (Å²) in [6.07, 6.45) is 3.62. The molecule has 2 rings (SSSR count). The van der Waals surface area contributed by atoms with Crippen LogP contribution in [0.3, 0.4) is 0 Å². The van der Waals surface area contributed by atoms with Crippen molar-refractivity contribution in [3.05, 3.63) is 23.8 Å². The fourth-order valence-corrected chi connectivity index (χ4v) is 2.96. The monoisotopic (exact) mass is 335 g/mol. The minimum atomic E-state index is -0.689. The molecule has 1 saturated heterocycles. The van der Waals surface area contributed by atoms with E-state index in [0.29, 0.717) is 19.8 Å². The Kier molecular flexibility index (Phi) is 7.37. The minimum Gasteiger partial charge on any atom is -0.493 e. The molecule has 0 radical (unpaired) electrons. The lowest BCUT2D eigenvalue weighted by molar-refractivity contribution is -0.143. The van der Waals surface area contributed by atoms with Crippen molar-refractivity contribution in [2.45, 2.75) is 46.1 Å². The molecular weight excluding hydrogens is 306 g/mol. The average molecular weight is 335 g/mol. The van der Waals surface area contributed by atoms with Crippen molar-refractivity contribution in [1.82, 2.24) is 4.90 Å². The number of benzene rings is 1. The first kappa shape index (κ1) is 18.6. The first-order valence-electron chi connectivity index (χ1n) is 8.97. The van der Waals surface area contributed by atoms with Crippen LogP contribution in [0.1, 0.15) is 45.1 Å². The largest absolute Gasteiger partial charge is 0.493 e. The topological polar surface area (TPSA) is 59.0 Å². The molecule has 0 spiro atoms. The van der Waals surface area contributed by atoms with Gasteiger partial charge in [-0.1, -0.05) is 19.9 Å². The molecule has 1 aliphatic rings. The van der Waals surface area contributed by atoms with Gasteiger partial charge in [-0.25, -0.2) is 0 Å². The van der Waals surface area contributed by atoms with E-state index in [1.54, 1.807) is 0 Å². The minimum absolute atomic E-state index is 0.258. The van der Waals surface area contributed by atoms with Crippen molar-refractivity contribution in [1.29, 1.82) is 0 Å². The van der Waals surface area contributed by atoms with Gasteiger partial charge in [0.25, 0.3) is 0 Å². The van der Waals surface area contributed by atoms with Gasteiger partial charge in [0.15, 0.2) is 0 Å². The summed E-state index contributed by atoms with van der Waals surface area (Å²) in [5.74, 6) is 0.730. The quantitative estimate of drug-likeness (QED) is 0.748. The highest BCUT2D eigenvalue weighted by molar-refractivity contribution is 5.70. The summed E-state index contributed by atoms with van der Waals surface area (Å²) in [5, 5.41) is 9.24. The summed E-state index contributed by atoms with van der Waals surface area (Å²) in [6, 6.07) is 5.97. The predicted octanol–water partition coefficient (Wildman–Crippen LogP) is 3.56. The Balaban J connectivity index is 2.07. The van der Waals surface area contributed by atoms with Gasteiger partial charge in [0.2, 0.25) is 0 Å². The van der Waals surface area contributed by atoms with Crippen molar-refractivity contribution in [2.24, 2.45) is 5.92 Å². The molecule has 1 aromatic rings. The second kappa shape index (κ2) is 9.52. The highest BCUT2D eigenvalue weighted by Crippen LogP contribution is 2.28. The number of hydrogen-bond donors (Lipinski definition) is 1. The van der Waals surface area contributed by atoms with Crippen LogP contribution in [0.25, 0.3) is 0 Å². The van der Waals surface area contributed by atoms with Crippen molar-refractivity contribution in [3.63, 3.8) is 0 Å². The third kappa shape index (κ3) is 5.41. The second-order valence-electron chi connectivity index (χ2n) is 6.38. The number of piperidine rings is 1. The lowest BCUT2D eigenvalue weighted by Crippen LogP contribution is -2.38. The first-order valence-corrected chi connectivity index (χ1v) is 8.97. The van der Waals surface area contributed by atoms with Crippen molar-refractivity contribution in [3.8, 4) is 11.5 Å². The predicted molar refractivity (Wildman–Crippen MR) is 93.7 cm³/mol. The first-order chi connectivity index (χ1) is 11.6. The number of carbonyl (C=O) groups is 1. The number of likely N-dealkylation sites (tertiary alicyclic amines) is 1. The molecule has 5 nitrogen and oxygen atoms in total. The van der Waals surface area contributed by atoms with Crippen LogP contribution >= 0.6 is 0 Å². The third-order valence-electron chi connectivity index (χ3n) is 4.22. The SMILES string of the molecule is CCCOc1ccc(CN2CCCC(C(=O)O)C2)c(OCCC)c1. The Bertz CT molecular complexity index is 532. The van der Waals surface area contributed by atoms with Gasteiger partial charge in [0.05, 0.1) is 19.1 Å². The maximum Gasteiger partial charge on any atom is 0.307 e. The number of aliphatic carboxylic acids is 1. The molecule has 1 unspecified atom stereocenters. The molecule has 0 aromatic heterocycles. The molecule has 1 atom stereocenters. The number of carboxylic acid groups (broad SMARTS) is 1. The van der Waals surface area contributed by atoms with Crippen LogP contribution in [0.2, 0.25) is 0 Å². The summed E-state index contributed by atoms with van der Waals surface area (Å²) in [7, 11) is 0. The number of rotatable bonds is 9. The maximum absolute atomic E-state index is 11.2. The molecule has 1 heterocycles. The van der Waals surface area contributed by atoms with Crippen LogP contribution in [-0.2, 0) is 11.3 Å². The lowest BCUT2D eigenvalue weighted by atomic mass is 9.98. The molecule has 1 N–H and O–H groups in total. The Morgan fingerprint density at radius 1 is 1.25 bits per heavy atom. The van der Waals surface area contributed by atoms with Gasteiger partial charge in [0, 0.05) is 24.7 Å². The van der Waals surface area contributed by atoms with Crippen LogP contribution in [0.4, 0.5) is 0 Å². The van der Waals surface area contributed by atoms with Gasteiger partial charge in [-0.15, -0.1) is 0 Å². The highest BCUT2D eigenvalue weighted by Gasteiger charge is 2.25. The number of nitrogens with zero attached hydrogens (tertiary/aromatic N) is 1. The number of hydrogen-bond acceptors (Lipinski definition) is 4. The molecule has 0 amide bonds. The normalized spacial score (nSPS) is 18.3. The van der Waals surface area contributed by atoms with E-state index >= 15 is 0 Å². The van der Waals surface area contributed by atoms with E-state index in [1.807, 2.05) is 18.2 Å². The third-order valence-corrected chi connectivity index (χ3v) is 4.22. The molecule has 0 bridgehead atoms. The number of carboxylic acids is 1. The van der Waals surface area contributed by atoms with E-state index < -0.39 is 5.97 Å². The van der Waals surface area contributed by atoms with Crippen molar-refractivity contribution < 1.29 is 19.4 Å². The Morgan fingerprint density at radius 3 is 2.71 bits per heavy atom. The van der Waals surface area contributed by atoms with E-state index in [9.17, 15) is 9.90 Å². The van der Waals surface area contributed by atoms with Gasteiger partial charge in [-0.3, -0.25) is 9.69 Å². The Hall–Kier alpha value is -1.75. The van der Waals surface area contributed by atoms with Crippen LogP contribution in [0.15, 0.2) is 18.2 Å². The summed E-state index contributed by atoms with van der Waals surface area (Å²) in [5.41, 5.74) is 1.10. The lowest BCUT2D eigenvalue weighted by Gasteiger charge is -2.31. The maximum atomic E-state index is 11.2. The van der Waals surface area contributed by atoms with E-state index in [0.717, 1.165) is 55.8 Å². The summed E-state index contributed by atoms with van der Waals surface area (Å²) >= 11 is 0. The average Bonchev–Trinajstić information content (AvgIpc) is 2.59. The van der Waals surface area contributed by atoms with Crippen LogP contribution in [0, 0.1) is 5.92 Å². The molecule has 1 fully saturated rings. The molecular formula is C19H29NO4. The fourth-order valence-electron chi connectivity index (χ4n) is 2.96. The zero-order valence-corrected chi connectivity index (χ0v) is 14.8. The Morgan fingerprint density at radius 2 is 2.00 bits per heavy atom.